The number of benzene rings is 1. The Labute approximate surface area is 123 Å². The fraction of sp³-hybridized carbons (Fsp3) is 0.500. The third-order valence-corrected chi connectivity index (χ3v) is 3.88. The van der Waals surface area contributed by atoms with E-state index in [0.29, 0.717) is 35.8 Å². The van der Waals surface area contributed by atoms with Crippen molar-refractivity contribution in [2.24, 2.45) is 0 Å². The van der Waals surface area contributed by atoms with Crippen LogP contribution in [0.15, 0.2) is 18.2 Å². The quantitative estimate of drug-likeness (QED) is 0.742. The van der Waals surface area contributed by atoms with Gasteiger partial charge in [-0.1, -0.05) is 11.6 Å². The highest BCUT2D eigenvalue weighted by Crippen LogP contribution is 2.24. The van der Waals surface area contributed by atoms with E-state index in [1.807, 2.05) is 11.8 Å². The predicted molar refractivity (Wildman–Crippen MR) is 80.8 cm³/mol. The molecule has 0 unspecified atom stereocenters. The molecule has 4 N–H and O–H groups in total. The number of aliphatic hydroxyl groups is 1. The lowest BCUT2D eigenvalue weighted by atomic mass is 9.94. The summed E-state index contributed by atoms with van der Waals surface area (Å²) in [5.41, 5.74) is 6.13. The zero-order chi connectivity index (χ0) is 14.8. The lowest BCUT2D eigenvalue weighted by Gasteiger charge is -2.35. The van der Waals surface area contributed by atoms with E-state index in [2.05, 4.69) is 5.32 Å². The monoisotopic (exact) mass is 297 g/mol. The molecule has 1 saturated heterocycles. The van der Waals surface area contributed by atoms with Crippen molar-refractivity contribution < 1.29 is 9.90 Å². The van der Waals surface area contributed by atoms with Crippen molar-refractivity contribution in [3.8, 4) is 0 Å². The Balaban J connectivity index is 1.87. The van der Waals surface area contributed by atoms with Gasteiger partial charge in [0.05, 0.1) is 22.9 Å². The van der Waals surface area contributed by atoms with Crippen LogP contribution in [0.25, 0.3) is 0 Å². The van der Waals surface area contributed by atoms with Crippen LogP contribution >= 0.6 is 11.6 Å². The van der Waals surface area contributed by atoms with Gasteiger partial charge in [-0.2, -0.15) is 0 Å². The molecule has 1 heterocycles. The molecule has 0 bridgehead atoms. The molecule has 0 saturated carbocycles. The van der Waals surface area contributed by atoms with Gasteiger partial charge >= 0.3 is 0 Å². The number of rotatable bonds is 3. The van der Waals surface area contributed by atoms with Gasteiger partial charge in [-0.15, -0.1) is 0 Å². The van der Waals surface area contributed by atoms with Gasteiger partial charge in [0.25, 0.3) is 0 Å². The van der Waals surface area contributed by atoms with Crippen LogP contribution in [0, 0.1) is 0 Å². The molecule has 1 aliphatic rings. The van der Waals surface area contributed by atoms with Crippen LogP contribution in [-0.4, -0.2) is 41.1 Å². The number of nitrogens with one attached hydrogen (secondary N) is 1. The Kier molecular flexibility index (Phi) is 4.52. The highest BCUT2D eigenvalue weighted by Gasteiger charge is 2.28. The molecule has 6 heteroatoms. The molecule has 1 fully saturated rings. The predicted octanol–water partition coefficient (Wildman–Crippen LogP) is 1.71. The minimum Gasteiger partial charge on any atom is -0.399 e. The largest absolute Gasteiger partial charge is 0.399 e. The summed E-state index contributed by atoms with van der Waals surface area (Å²) in [6.07, 6.45) is 1.37. The molecule has 5 nitrogen and oxygen atoms in total. The molecule has 1 aromatic rings. The first kappa shape index (κ1) is 15.1. The van der Waals surface area contributed by atoms with E-state index in [1.165, 1.54) is 0 Å². The maximum Gasteiger partial charge on any atom is 0.238 e. The van der Waals surface area contributed by atoms with E-state index in [-0.39, 0.29) is 5.91 Å². The van der Waals surface area contributed by atoms with E-state index < -0.39 is 5.60 Å². The van der Waals surface area contributed by atoms with E-state index >= 15 is 0 Å². The van der Waals surface area contributed by atoms with Gasteiger partial charge in [0, 0.05) is 18.8 Å². The molecule has 20 heavy (non-hydrogen) atoms. The van der Waals surface area contributed by atoms with Crippen molar-refractivity contribution in [3.63, 3.8) is 0 Å². The molecule has 1 amide bonds. The minimum absolute atomic E-state index is 0.113. The number of anilines is 2. The number of halogens is 1. The highest BCUT2D eigenvalue weighted by molar-refractivity contribution is 6.34. The molecule has 2 rings (SSSR count). The number of amides is 1. The summed E-state index contributed by atoms with van der Waals surface area (Å²) in [5, 5.41) is 13.1. The number of carbonyl (C=O) groups excluding carboxylic acids is 1. The summed E-state index contributed by atoms with van der Waals surface area (Å²) in [4.78, 5) is 14.0. The smallest absolute Gasteiger partial charge is 0.238 e. The second kappa shape index (κ2) is 5.99. The minimum atomic E-state index is -0.604. The standard InChI is InChI=1S/C14H20ClN3O2/c1-14(20)4-6-18(7-5-14)9-13(19)17-12-3-2-10(16)8-11(12)15/h2-3,8,20H,4-7,9,16H2,1H3,(H,17,19). The van der Waals surface area contributed by atoms with Gasteiger partial charge in [0.15, 0.2) is 0 Å². The maximum absolute atomic E-state index is 12.0. The summed E-state index contributed by atoms with van der Waals surface area (Å²) in [5.74, 6) is -0.113. The van der Waals surface area contributed by atoms with Gasteiger partial charge in [0.2, 0.25) is 5.91 Å². The molecule has 0 radical (unpaired) electrons. The Morgan fingerprint density at radius 2 is 2.15 bits per heavy atom. The van der Waals surface area contributed by atoms with E-state index in [9.17, 15) is 9.90 Å². The van der Waals surface area contributed by atoms with Crippen molar-refractivity contribution in [1.29, 1.82) is 0 Å². The maximum atomic E-state index is 12.0. The van der Waals surface area contributed by atoms with E-state index in [1.54, 1.807) is 18.2 Å². The van der Waals surface area contributed by atoms with E-state index in [4.69, 9.17) is 17.3 Å². The number of hydrogen-bond donors (Lipinski definition) is 3. The van der Waals surface area contributed by atoms with Gasteiger partial charge in [-0.3, -0.25) is 9.69 Å². The van der Waals surface area contributed by atoms with Crippen LogP contribution in [0.3, 0.4) is 0 Å². The van der Waals surface area contributed by atoms with Crippen LogP contribution < -0.4 is 11.1 Å². The topological polar surface area (TPSA) is 78.6 Å². The average molecular weight is 298 g/mol. The molecule has 1 aromatic carbocycles. The van der Waals surface area contributed by atoms with Crippen molar-refractivity contribution >= 4 is 28.9 Å². The molecule has 0 spiro atoms. The number of carbonyl (C=O) groups is 1. The van der Waals surface area contributed by atoms with Crippen LogP contribution in [0.4, 0.5) is 11.4 Å². The van der Waals surface area contributed by atoms with Gasteiger partial charge in [-0.25, -0.2) is 0 Å². The number of nitrogens with zero attached hydrogens (tertiary/aromatic N) is 1. The molecule has 0 atom stereocenters. The fourth-order valence-electron chi connectivity index (χ4n) is 2.22. The fourth-order valence-corrected chi connectivity index (χ4v) is 2.45. The Bertz CT molecular complexity index is 495. The summed E-state index contributed by atoms with van der Waals surface area (Å²) >= 11 is 6.01. The van der Waals surface area contributed by atoms with Crippen LogP contribution in [0.2, 0.25) is 5.02 Å². The van der Waals surface area contributed by atoms with Crippen molar-refractivity contribution in [2.45, 2.75) is 25.4 Å². The van der Waals surface area contributed by atoms with Crippen molar-refractivity contribution in [3.05, 3.63) is 23.2 Å². The third-order valence-electron chi connectivity index (χ3n) is 3.57. The van der Waals surface area contributed by atoms with Crippen LogP contribution in [0.1, 0.15) is 19.8 Å². The highest BCUT2D eigenvalue weighted by atomic mass is 35.5. The van der Waals surface area contributed by atoms with Crippen molar-refractivity contribution in [1.82, 2.24) is 4.90 Å². The zero-order valence-corrected chi connectivity index (χ0v) is 12.3. The Hall–Kier alpha value is -1.30. The number of likely N-dealkylation sites (tertiary alicyclic amines) is 1. The van der Waals surface area contributed by atoms with Crippen LogP contribution in [0.5, 0.6) is 0 Å². The SMILES string of the molecule is CC1(O)CCN(CC(=O)Nc2ccc(N)cc2Cl)CC1. The second-order valence-electron chi connectivity index (χ2n) is 5.56. The average Bonchev–Trinajstić information content (AvgIpc) is 2.35. The number of piperidine rings is 1. The van der Waals surface area contributed by atoms with Gasteiger partial charge < -0.3 is 16.2 Å². The molecule has 1 aliphatic heterocycles. The third kappa shape index (κ3) is 4.10. The van der Waals surface area contributed by atoms with Gasteiger partial charge in [0.1, 0.15) is 0 Å². The molecular weight excluding hydrogens is 278 g/mol. The Morgan fingerprint density at radius 1 is 1.50 bits per heavy atom. The lowest BCUT2D eigenvalue weighted by molar-refractivity contribution is -0.118. The Morgan fingerprint density at radius 3 is 2.75 bits per heavy atom. The molecular formula is C14H20ClN3O2. The lowest BCUT2D eigenvalue weighted by Crippen LogP contribution is -2.45. The molecule has 0 aromatic heterocycles. The summed E-state index contributed by atoms with van der Waals surface area (Å²) in [7, 11) is 0. The second-order valence-corrected chi connectivity index (χ2v) is 5.97. The van der Waals surface area contributed by atoms with Crippen molar-refractivity contribution in [2.75, 3.05) is 30.7 Å². The number of hydrogen-bond acceptors (Lipinski definition) is 4. The summed E-state index contributed by atoms with van der Waals surface area (Å²) < 4.78 is 0. The number of nitrogen functional groups attached to an aromatic ring is 1. The zero-order valence-electron chi connectivity index (χ0n) is 11.5. The van der Waals surface area contributed by atoms with E-state index in [0.717, 1.165) is 13.1 Å². The summed E-state index contributed by atoms with van der Waals surface area (Å²) in [6, 6.07) is 4.99. The normalized spacial score (nSPS) is 18.8. The van der Waals surface area contributed by atoms with Crippen LogP contribution in [-0.2, 0) is 4.79 Å². The first-order chi connectivity index (χ1) is 9.35. The molecule has 110 valence electrons. The molecule has 0 aliphatic carbocycles. The van der Waals surface area contributed by atoms with Gasteiger partial charge in [-0.05, 0) is 38.0 Å². The first-order valence-electron chi connectivity index (χ1n) is 6.65. The summed E-state index contributed by atoms with van der Waals surface area (Å²) in [6.45, 7) is 3.57. The first-order valence-corrected chi connectivity index (χ1v) is 7.03. The number of nitrogens with two attached hydrogens (primary N) is 1.